The van der Waals surface area contributed by atoms with E-state index in [1.165, 1.54) is 0 Å². The summed E-state index contributed by atoms with van der Waals surface area (Å²) in [6.07, 6.45) is 9.09. The number of nitrogens with zero attached hydrogens (tertiary/aromatic N) is 6. The van der Waals surface area contributed by atoms with E-state index in [0.717, 1.165) is 30.5 Å². The number of rotatable bonds is 6. The largest absolute Gasteiger partial charge is 0.324 e. The van der Waals surface area contributed by atoms with Crippen molar-refractivity contribution < 1.29 is 9.59 Å². The summed E-state index contributed by atoms with van der Waals surface area (Å²) in [5.41, 5.74) is 4.27. The molecule has 1 atom stereocenters. The van der Waals surface area contributed by atoms with Gasteiger partial charge in [-0.2, -0.15) is 0 Å². The number of hydrogen-bond donors (Lipinski definition) is 2. The molecule has 1 aliphatic heterocycles. The molecule has 0 aliphatic carbocycles. The molecule has 1 saturated heterocycles. The molecule has 10 nitrogen and oxygen atoms in total. The molecule has 178 valence electrons. The highest BCUT2D eigenvalue weighted by molar-refractivity contribution is 6.08. The quantitative estimate of drug-likeness (QED) is 0.444. The minimum Gasteiger partial charge on any atom is -0.324 e. The Bertz CT molecular complexity index is 1390. The number of pyridine rings is 3. The number of hydrogen-bond acceptors (Lipinski definition) is 7. The van der Waals surface area contributed by atoms with E-state index in [2.05, 4.69) is 42.7 Å². The summed E-state index contributed by atoms with van der Waals surface area (Å²) in [5.74, 6) is -0.510. The average molecular weight is 471 g/mol. The van der Waals surface area contributed by atoms with Crippen molar-refractivity contribution in [1.29, 1.82) is 0 Å². The van der Waals surface area contributed by atoms with Crippen molar-refractivity contribution >= 4 is 28.7 Å². The van der Waals surface area contributed by atoms with Gasteiger partial charge in [0.15, 0.2) is 5.69 Å². The molecule has 0 spiro atoms. The van der Waals surface area contributed by atoms with Crippen molar-refractivity contribution in [2.45, 2.75) is 32.7 Å². The van der Waals surface area contributed by atoms with E-state index in [9.17, 15) is 9.59 Å². The lowest BCUT2D eigenvalue weighted by Crippen LogP contribution is -2.35. The third-order valence-corrected chi connectivity index (χ3v) is 6.28. The van der Waals surface area contributed by atoms with E-state index in [0.29, 0.717) is 35.2 Å². The molecule has 35 heavy (non-hydrogen) atoms. The molecular weight excluding hydrogens is 444 g/mol. The first-order valence-electron chi connectivity index (χ1n) is 11.6. The summed E-state index contributed by atoms with van der Waals surface area (Å²) < 4.78 is 1.57. The number of aryl methyl sites for hydroxylation is 1. The summed E-state index contributed by atoms with van der Waals surface area (Å²) in [4.78, 5) is 36.2. The van der Waals surface area contributed by atoms with Gasteiger partial charge in [-0.3, -0.25) is 24.5 Å². The van der Waals surface area contributed by atoms with Crippen LogP contribution in [0.4, 0.5) is 11.4 Å². The Labute approximate surface area is 202 Å². The number of aromatic nitrogens is 5. The van der Waals surface area contributed by atoms with Crippen molar-refractivity contribution in [1.82, 2.24) is 29.7 Å². The van der Waals surface area contributed by atoms with E-state index < -0.39 is 5.91 Å². The molecule has 5 rings (SSSR count). The lowest BCUT2D eigenvalue weighted by atomic mass is 10.1. The smallest absolute Gasteiger partial charge is 0.278 e. The SMILES string of the molecule is Cc1ncc(NC(=O)CN2CCC[C@@H]2C)cc1NC(=O)c1nnn2cc(-c3cccnc3)ccc12. The van der Waals surface area contributed by atoms with E-state index in [-0.39, 0.29) is 11.6 Å². The summed E-state index contributed by atoms with van der Waals surface area (Å²) >= 11 is 0. The van der Waals surface area contributed by atoms with Crippen LogP contribution in [0.15, 0.2) is 55.1 Å². The van der Waals surface area contributed by atoms with Crippen LogP contribution >= 0.6 is 0 Å². The Balaban J connectivity index is 1.31. The second-order valence-electron chi connectivity index (χ2n) is 8.75. The molecule has 0 aromatic carbocycles. The third-order valence-electron chi connectivity index (χ3n) is 6.28. The van der Waals surface area contributed by atoms with Crippen molar-refractivity contribution in [2.24, 2.45) is 0 Å². The Morgan fingerprint density at radius 1 is 1.14 bits per heavy atom. The molecule has 2 amide bonds. The minimum atomic E-state index is -0.409. The van der Waals surface area contributed by atoms with Crippen LogP contribution in [0.2, 0.25) is 0 Å². The molecule has 4 aromatic heterocycles. The van der Waals surface area contributed by atoms with Crippen LogP contribution in [0.1, 0.15) is 35.9 Å². The number of carbonyl (C=O) groups excluding carboxylic acids is 2. The Morgan fingerprint density at radius 2 is 2.03 bits per heavy atom. The standard InChI is InChI=1S/C25H26N8O2/c1-16-5-4-10-32(16)15-23(34)28-20-11-21(17(2)27-13-20)29-25(35)24-22-8-7-19(14-33(22)31-30-24)18-6-3-9-26-12-18/h3,6-9,11-14,16H,4-5,10,15H2,1-2H3,(H,28,34)(H,29,35)/t16-/m0/s1. The lowest BCUT2D eigenvalue weighted by Gasteiger charge is -2.20. The maximum absolute atomic E-state index is 13.0. The maximum Gasteiger partial charge on any atom is 0.278 e. The first-order chi connectivity index (χ1) is 17.0. The van der Waals surface area contributed by atoms with Gasteiger partial charge in [-0.1, -0.05) is 17.3 Å². The molecule has 0 radical (unpaired) electrons. The van der Waals surface area contributed by atoms with Gasteiger partial charge in [0.2, 0.25) is 5.91 Å². The normalized spacial score (nSPS) is 15.9. The fourth-order valence-corrected chi connectivity index (χ4v) is 4.28. The van der Waals surface area contributed by atoms with Gasteiger partial charge >= 0.3 is 0 Å². The van der Waals surface area contributed by atoms with Crippen LogP contribution in [0, 0.1) is 6.92 Å². The fourth-order valence-electron chi connectivity index (χ4n) is 4.28. The third kappa shape index (κ3) is 4.87. The van der Waals surface area contributed by atoms with Crippen LogP contribution in [-0.2, 0) is 4.79 Å². The van der Waals surface area contributed by atoms with Crippen LogP contribution in [0.25, 0.3) is 16.6 Å². The molecule has 0 saturated carbocycles. The van der Waals surface area contributed by atoms with Gasteiger partial charge in [-0.15, -0.1) is 5.10 Å². The molecule has 1 aliphatic rings. The average Bonchev–Trinajstić information content (AvgIpc) is 3.47. The zero-order valence-corrected chi connectivity index (χ0v) is 19.6. The molecule has 0 unspecified atom stereocenters. The predicted octanol–water partition coefficient (Wildman–Crippen LogP) is 3.17. The summed E-state index contributed by atoms with van der Waals surface area (Å²) in [5, 5.41) is 13.9. The van der Waals surface area contributed by atoms with Gasteiger partial charge in [0, 0.05) is 35.8 Å². The molecule has 5 heterocycles. The monoisotopic (exact) mass is 470 g/mol. The van der Waals surface area contributed by atoms with E-state index in [1.54, 1.807) is 48.4 Å². The molecule has 0 bridgehead atoms. The fraction of sp³-hybridized carbons (Fsp3) is 0.280. The molecule has 1 fully saturated rings. The predicted molar refractivity (Wildman–Crippen MR) is 132 cm³/mol. The summed E-state index contributed by atoms with van der Waals surface area (Å²) in [6.45, 7) is 5.19. The van der Waals surface area contributed by atoms with Crippen LogP contribution in [0.5, 0.6) is 0 Å². The van der Waals surface area contributed by atoms with Gasteiger partial charge in [-0.25, -0.2) is 4.52 Å². The van der Waals surface area contributed by atoms with Gasteiger partial charge in [0.05, 0.1) is 35.3 Å². The van der Waals surface area contributed by atoms with E-state index in [4.69, 9.17) is 0 Å². The second kappa shape index (κ2) is 9.59. The number of fused-ring (bicyclic) bond motifs is 1. The Kier molecular flexibility index (Phi) is 6.19. The van der Waals surface area contributed by atoms with Crippen LogP contribution in [-0.4, -0.2) is 60.6 Å². The highest BCUT2D eigenvalue weighted by Gasteiger charge is 2.22. The Hall–Kier alpha value is -4.18. The van der Waals surface area contributed by atoms with Crippen molar-refractivity contribution in [3.8, 4) is 11.1 Å². The van der Waals surface area contributed by atoms with E-state index in [1.807, 2.05) is 18.2 Å². The van der Waals surface area contributed by atoms with Gasteiger partial charge in [-0.05, 0) is 51.4 Å². The summed E-state index contributed by atoms with van der Waals surface area (Å²) in [6, 6.07) is 9.63. The van der Waals surface area contributed by atoms with Crippen LogP contribution in [0.3, 0.4) is 0 Å². The maximum atomic E-state index is 13.0. The first-order valence-corrected chi connectivity index (χ1v) is 11.6. The number of amides is 2. The highest BCUT2D eigenvalue weighted by atomic mass is 16.2. The zero-order chi connectivity index (χ0) is 24.4. The second-order valence-corrected chi connectivity index (χ2v) is 8.75. The van der Waals surface area contributed by atoms with Crippen molar-refractivity contribution in [2.75, 3.05) is 23.7 Å². The topological polar surface area (TPSA) is 117 Å². The van der Waals surface area contributed by atoms with Gasteiger partial charge < -0.3 is 10.6 Å². The summed E-state index contributed by atoms with van der Waals surface area (Å²) in [7, 11) is 0. The molecular formula is C25H26N8O2. The van der Waals surface area contributed by atoms with E-state index >= 15 is 0 Å². The minimum absolute atomic E-state index is 0.101. The lowest BCUT2D eigenvalue weighted by molar-refractivity contribution is -0.117. The van der Waals surface area contributed by atoms with Crippen LogP contribution < -0.4 is 10.6 Å². The molecule has 2 N–H and O–H groups in total. The number of likely N-dealkylation sites (tertiary alicyclic amines) is 1. The van der Waals surface area contributed by atoms with Gasteiger partial charge in [0.1, 0.15) is 0 Å². The van der Waals surface area contributed by atoms with Crippen molar-refractivity contribution in [3.05, 3.63) is 66.5 Å². The van der Waals surface area contributed by atoms with Crippen molar-refractivity contribution in [3.63, 3.8) is 0 Å². The highest BCUT2D eigenvalue weighted by Crippen LogP contribution is 2.22. The first kappa shape index (κ1) is 22.6. The number of carbonyl (C=O) groups is 2. The molecule has 10 heteroatoms. The number of nitrogens with one attached hydrogen (secondary N) is 2. The zero-order valence-electron chi connectivity index (χ0n) is 19.6. The Morgan fingerprint density at radius 3 is 2.80 bits per heavy atom. The van der Waals surface area contributed by atoms with Gasteiger partial charge in [0.25, 0.3) is 5.91 Å². The molecule has 4 aromatic rings. The number of anilines is 2.